The van der Waals surface area contributed by atoms with Crippen molar-refractivity contribution >= 4 is 16.8 Å². The third kappa shape index (κ3) is 2.69. The van der Waals surface area contributed by atoms with Gasteiger partial charge in [-0.3, -0.25) is 13.9 Å². The third-order valence-electron chi connectivity index (χ3n) is 3.85. The molecule has 1 unspecified atom stereocenters. The smallest absolute Gasteiger partial charge is 0.325 e. The molecule has 2 N–H and O–H groups in total. The lowest BCUT2D eigenvalue weighted by Gasteiger charge is -2.36. The minimum atomic E-state index is -0.807. The number of carboxylic acid groups (broad SMARTS) is 1. The van der Waals surface area contributed by atoms with E-state index < -0.39 is 22.3 Å². The number of carboxylic acids is 1. The van der Waals surface area contributed by atoms with Gasteiger partial charge in [-0.05, 0) is 25.8 Å². The normalized spacial score (nSPS) is 26.6. The van der Waals surface area contributed by atoms with Crippen LogP contribution in [0.25, 0.3) is 0 Å². The summed E-state index contributed by atoms with van der Waals surface area (Å²) in [4.78, 5) is 13.7. The summed E-state index contributed by atoms with van der Waals surface area (Å²) >= 11 is 0. The van der Waals surface area contributed by atoms with Crippen molar-refractivity contribution in [3.8, 4) is 0 Å². The Hall–Kier alpha value is -0.460. The molecule has 98 valence electrons. The molecule has 1 aliphatic carbocycles. The lowest BCUT2D eigenvalue weighted by molar-refractivity contribution is -0.146. The SMILES string of the molecule is CNC(CN1CCS(=O)CC1)(C(=O)O)C1CC1. The Labute approximate surface area is 104 Å². The second kappa shape index (κ2) is 5.04. The van der Waals surface area contributed by atoms with Crippen molar-refractivity contribution in [1.82, 2.24) is 10.2 Å². The molecule has 1 saturated heterocycles. The fourth-order valence-corrected chi connectivity index (χ4v) is 3.65. The average Bonchev–Trinajstić information content (AvgIpc) is 3.12. The molecule has 2 aliphatic rings. The van der Waals surface area contributed by atoms with E-state index in [2.05, 4.69) is 10.2 Å². The van der Waals surface area contributed by atoms with Crippen molar-refractivity contribution in [2.24, 2.45) is 5.92 Å². The van der Waals surface area contributed by atoms with Crippen LogP contribution in [-0.2, 0) is 15.6 Å². The van der Waals surface area contributed by atoms with Gasteiger partial charge >= 0.3 is 5.97 Å². The summed E-state index contributed by atoms with van der Waals surface area (Å²) in [7, 11) is 1.02. The summed E-state index contributed by atoms with van der Waals surface area (Å²) in [5, 5.41) is 12.5. The fourth-order valence-electron chi connectivity index (χ4n) is 2.52. The zero-order valence-electron chi connectivity index (χ0n) is 10.1. The van der Waals surface area contributed by atoms with Crippen molar-refractivity contribution in [2.45, 2.75) is 18.4 Å². The van der Waals surface area contributed by atoms with E-state index in [4.69, 9.17) is 0 Å². The molecule has 1 heterocycles. The van der Waals surface area contributed by atoms with Crippen LogP contribution in [0.2, 0.25) is 0 Å². The number of nitrogens with one attached hydrogen (secondary N) is 1. The van der Waals surface area contributed by atoms with Gasteiger partial charge in [0.05, 0.1) is 0 Å². The molecule has 2 rings (SSSR count). The third-order valence-corrected chi connectivity index (χ3v) is 5.12. The Balaban J connectivity index is 2.02. The minimum absolute atomic E-state index is 0.248. The maximum absolute atomic E-state index is 11.5. The Morgan fingerprint density at radius 1 is 1.47 bits per heavy atom. The molecule has 5 nitrogen and oxygen atoms in total. The van der Waals surface area contributed by atoms with Crippen LogP contribution in [0.15, 0.2) is 0 Å². The number of likely N-dealkylation sites (N-methyl/N-ethyl adjacent to an activating group) is 1. The van der Waals surface area contributed by atoms with E-state index in [0.717, 1.165) is 25.9 Å². The molecule has 1 aliphatic heterocycles. The molecule has 6 heteroatoms. The van der Waals surface area contributed by atoms with Crippen LogP contribution >= 0.6 is 0 Å². The fraction of sp³-hybridized carbons (Fsp3) is 0.909. The predicted octanol–water partition coefficient (Wildman–Crippen LogP) is -0.496. The molecule has 1 atom stereocenters. The Kier molecular flexibility index (Phi) is 3.85. The molecule has 0 spiro atoms. The maximum atomic E-state index is 11.5. The Bertz CT molecular complexity index is 323. The van der Waals surface area contributed by atoms with Gasteiger partial charge in [0.15, 0.2) is 0 Å². The zero-order valence-corrected chi connectivity index (χ0v) is 11.0. The minimum Gasteiger partial charge on any atom is -0.480 e. The van der Waals surface area contributed by atoms with E-state index in [1.807, 2.05) is 0 Å². The molecule has 2 fully saturated rings. The number of nitrogens with zero attached hydrogens (tertiary/aromatic N) is 1. The van der Waals surface area contributed by atoms with Gasteiger partial charge in [0.2, 0.25) is 0 Å². The summed E-state index contributed by atoms with van der Waals surface area (Å²) in [6.07, 6.45) is 1.99. The zero-order chi connectivity index (χ0) is 12.5. The summed E-state index contributed by atoms with van der Waals surface area (Å²) < 4.78 is 11.3. The summed E-state index contributed by atoms with van der Waals surface area (Å²) in [5.41, 5.74) is -0.807. The second-order valence-electron chi connectivity index (χ2n) is 4.93. The topological polar surface area (TPSA) is 69.6 Å². The highest BCUT2D eigenvalue weighted by Crippen LogP contribution is 2.40. The first-order valence-electron chi connectivity index (χ1n) is 6.08. The number of rotatable bonds is 5. The first kappa shape index (κ1) is 13.0. The Morgan fingerprint density at radius 3 is 2.47 bits per heavy atom. The van der Waals surface area contributed by atoms with Crippen molar-refractivity contribution in [2.75, 3.05) is 38.2 Å². The first-order valence-corrected chi connectivity index (χ1v) is 7.57. The van der Waals surface area contributed by atoms with Gasteiger partial charge in [-0.1, -0.05) is 0 Å². The van der Waals surface area contributed by atoms with Gasteiger partial charge in [0.25, 0.3) is 0 Å². The van der Waals surface area contributed by atoms with Crippen LogP contribution in [-0.4, -0.2) is 63.9 Å². The van der Waals surface area contributed by atoms with E-state index in [0.29, 0.717) is 18.1 Å². The van der Waals surface area contributed by atoms with E-state index in [9.17, 15) is 14.1 Å². The molecule has 0 aromatic carbocycles. The quantitative estimate of drug-likeness (QED) is 0.698. The van der Waals surface area contributed by atoms with Crippen LogP contribution in [0.1, 0.15) is 12.8 Å². The lowest BCUT2D eigenvalue weighted by atomic mass is 9.92. The molecule has 0 radical (unpaired) electrons. The maximum Gasteiger partial charge on any atom is 0.325 e. The van der Waals surface area contributed by atoms with E-state index in [1.54, 1.807) is 7.05 Å². The molecule has 0 aromatic rings. The second-order valence-corrected chi connectivity index (χ2v) is 6.62. The number of carbonyl (C=O) groups is 1. The highest BCUT2D eigenvalue weighted by Gasteiger charge is 2.51. The van der Waals surface area contributed by atoms with Gasteiger partial charge in [-0.15, -0.1) is 0 Å². The summed E-state index contributed by atoms with van der Waals surface area (Å²) in [6.45, 7) is 2.02. The highest BCUT2D eigenvalue weighted by atomic mass is 32.2. The number of hydrogen-bond donors (Lipinski definition) is 2. The van der Waals surface area contributed by atoms with Crippen LogP contribution in [0.3, 0.4) is 0 Å². The average molecular weight is 260 g/mol. The molecular formula is C11H20N2O3S. The van der Waals surface area contributed by atoms with Gasteiger partial charge in [0.1, 0.15) is 5.54 Å². The predicted molar refractivity (Wildman–Crippen MR) is 66.5 cm³/mol. The standard InChI is InChI=1S/C11H20N2O3S/c1-12-11(10(14)15,9-2-3-9)8-13-4-6-17(16)7-5-13/h9,12H,2-8H2,1H3,(H,14,15). The number of hydrogen-bond acceptors (Lipinski definition) is 4. The highest BCUT2D eigenvalue weighted by molar-refractivity contribution is 7.85. The van der Waals surface area contributed by atoms with E-state index in [1.165, 1.54) is 0 Å². The Morgan fingerprint density at radius 2 is 2.06 bits per heavy atom. The first-order chi connectivity index (χ1) is 8.08. The van der Waals surface area contributed by atoms with E-state index >= 15 is 0 Å². The van der Waals surface area contributed by atoms with Crippen molar-refractivity contribution in [1.29, 1.82) is 0 Å². The largest absolute Gasteiger partial charge is 0.480 e. The van der Waals surface area contributed by atoms with Crippen LogP contribution in [0.4, 0.5) is 0 Å². The van der Waals surface area contributed by atoms with Gasteiger partial charge in [-0.2, -0.15) is 0 Å². The summed E-state index contributed by atoms with van der Waals surface area (Å²) in [5.74, 6) is 0.834. The molecule has 0 bridgehead atoms. The molecule has 1 saturated carbocycles. The molecule has 17 heavy (non-hydrogen) atoms. The number of aliphatic carboxylic acids is 1. The van der Waals surface area contributed by atoms with Crippen LogP contribution in [0.5, 0.6) is 0 Å². The molecule has 0 amide bonds. The van der Waals surface area contributed by atoms with Crippen LogP contribution < -0.4 is 5.32 Å². The molecular weight excluding hydrogens is 240 g/mol. The van der Waals surface area contributed by atoms with Crippen LogP contribution in [0, 0.1) is 5.92 Å². The van der Waals surface area contributed by atoms with Crippen molar-refractivity contribution in [3.63, 3.8) is 0 Å². The summed E-state index contributed by atoms with van der Waals surface area (Å²) in [6, 6.07) is 0. The lowest BCUT2D eigenvalue weighted by Crippen LogP contribution is -2.60. The van der Waals surface area contributed by atoms with Gasteiger partial charge < -0.3 is 10.4 Å². The van der Waals surface area contributed by atoms with Gasteiger partial charge in [0, 0.05) is 41.9 Å². The molecule has 0 aromatic heterocycles. The van der Waals surface area contributed by atoms with Crippen molar-refractivity contribution < 1.29 is 14.1 Å². The van der Waals surface area contributed by atoms with E-state index in [-0.39, 0.29) is 5.92 Å². The van der Waals surface area contributed by atoms with Gasteiger partial charge in [-0.25, -0.2) is 0 Å². The van der Waals surface area contributed by atoms with Crippen molar-refractivity contribution in [3.05, 3.63) is 0 Å². The monoisotopic (exact) mass is 260 g/mol.